The predicted octanol–water partition coefficient (Wildman–Crippen LogP) is 9.79. The number of aliphatic imine (C=N–C) groups is 1. The van der Waals surface area contributed by atoms with Gasteiger partial charge in [0.05, 0.1) is 11.4 Å². The predicted molar refractivity (Wildman–Crippen MR) is 160 cm³/mol. The minimum Gasteiger partial charge on any atom is -0.312 e. The van der Waals surface area contributed by atoms with E-state index in [1.165, 1.54) is 16.8 Å². The van der Waals surface area contributed by atoms with E-state index in [0.717, 1.165) is 51.9 Å². The van der Waals surface area contributed by atoms with Gasteiger partial charge in [-0.2, -0.15) is 0 Å². The topological polar surface area (TPSA) is 17.3 Å². The molecule has 0 unspecified atom stereocenters. The Kier molecular flexibility index (Phi) is 11.4. The Morgan fingerprint density at radius 2 is 1.71 bits per heavy atom. The largest absolute Gasteiger partial charge is 0.312 e. The molecule has 35 heavy (non-hydrogen) atoms. The molecular weight excluding hydrogens is 468 g/mol. The highest BCUT2D eigenvalue weighted by Gasteiger charge is 2.18. The summed E-state index contributed by atoms with van der Waals surface area (Å²) < 4.78 is 2.30. The Bertz CT molecular complexity index is 1200. The van der Waals surface area contributed by atoms with Crippen LogP contribution in [0.2, 0.25) is 5.02 Å². The van der Waals surface area contributed by atoms with Crippen LogP contribution in [0.25, 0.3) is 16.3 Å². The van der Waals surface area contributed by atoms with Crippen LogP contribution in [0.4, 0.5) is 0 Å². The van der Waals surface area contributed by atoms with Crippen LogP contribution < -0.4 is 0 Å². The van der Waals surface area contributed by atoms with Crippen molar-refractivity contribution in [2.24, 2.45) is 4.99 Å². The number of hydrogen-bond donors (Lipinski definition) is 0. The average Bonchev–Trinajstić information content (AvgIpc) is 3.23. The van der Waals surface area contributed by atoms with Crippen LogP contribution in [0.15, 0.2) is 85.4 Å². The van der Waals surface area contributed by atoms with Crippen molar-refractivity contribution >= 4 is 39.7 Å². The number of aryl methyl sites for hydroxylation is 1. The van der Waals surface area contributed by atoms with Gasteiger partial charge in [-0.25, -0.2) is 0 Å². The Morgan fingerprint density at radius 1 is 1.06 bits per heavy atom. The summed E-state index contributed by atoms with van der Waals surface area (Å²) in [5.74, 6) is 1.06. The van der Waals surface area contributed by atoms with E-state index < -0.39 is 0 Å². The second-order valence-electron chi connectivity index (χ2n) is 8.01. The van der Waals surface area contributed by atoms with Gasteiger partial charge in [-0.15, -0.1) is 24.9 Å². The van der Waals surface area contributed by atoms with Crippen LogP contribution in [0, 0.1) is 6.92 Å². The maximum atomic E-state index is 6.45. The van der Waals surface area contributed by atoms with E-state index in [1.807, 2.05) is 49.9 Å². The lowest BCUT2D eigenvalue weighted by atomic mass is 10.1. The molecule has 3 rings (SSSR count). The van der Waals surface area contributed by atoms with Gasteiger partial charge >= 0.3 is 0 Å². The van der Waals surface area contributed by atoms with Crippen LogP contribution in [0.5, 0.6) is 0 Å². The molecule has 0 spiro atoms. The third-order valence-corrected chi connectivity index (χ3v) is 7.23. The van der Waals surface area contributed by atoms with Crippen LogP contribution in [0.1, 0.15) is 62.2 Å². The molecule has 1 aromatic heterocycles. The molecule has 0 bridgehead atoms. The van der Waals surface area contributed by atoms with Gasteiger partial charge in [0.25, 0.3) is 0 Å². The summed E-state index contributed by atoms with van der Waals surface area (Å²) in [6.07, 6.45) is 4.21. The number of benzene rings is 2. The molecule has 0 saturated heterocycles. The Labute approximate surface area is 221 Å². The first-order valence-electron chi connectivity index (χ1n) is 12.0. The van der Waals surface area contributed by atoms with Crippen molar-refractivity contribution in [1.82, 2.24) is 4.57 Å². The molecule has 0 radical (unpaired) electrons. The van der Waals surface area contributed by atoms with Crippen molar-refractivity contribution in [3.8, 4) is 5.69 Å². The molecule has 0 saturated carbocycles. The Morgan fingerprint density at radius 3 is 2.29 bits per heavy atom. The van der Waals surface area contributed by atoms with E-state index >= 15 is 0 Å². The monoisotopic (exact) mass is 504 g/mol. The normalized spacial score (nSPS) is 11.7. The third-order valence-electron chi connectivity index (χ3n) is 5.72. The maximum Gasteiger partial charge on any atom is 0.0831 e. The fourth-order valence-electron chi connectivity index (χ4n) is 3.86. The van der Waals surface area contributed by atoms with Crippen molar-refractivity contribution < 1.29 is 0 Å². The third kappa shape index (κ3) is 6.90. The summed E-state index contributed by atoms with van der Waals surface area (Å²) in [4.78, 5) is 6.13. The molecule has 4 heteroatoms. The molecule has 0 N–H and O–H groups in total. The summed E-state index contributed by atoms with van der Waals surface area (Å²) in [5, 5.41) is 0.709. The molecule has 0 fully saturated rings. The lowest BCUT2D eigenvalue weighted by molar-refractivity contribution is 0.985. The molecule has 3 aromatic rings. The SMILES string of the molecule is C=C.C=C(SCCC)c1cc(/C(=C/C)N=C(C)c2ccccc2Cl)n(-c2ccc(CC)cc2)c1C. The molecule has 2 aromatic carbocycles. The van der Waals surface area contributed by atoms with E-state index in [9.17, 15) is 0 Å². The second-order valence-corrected chi connectivity index (χ2v) is 9.60. The molecule has 0 aliphatic carbocycles. The summed E-state index contributed by atoms with van der Waals surface area (Å²) in [6.45, 7) is 21.0. The number of halogens is 1. The number of rotatable bonds is 9. The van der Waals surface area contributed by atoms with E-state index in [1.54, 1.807) is 0 Å². The molecule has 0 amide bonds. The van der Waals surface area contributed by atoms with E-state index in [2.05, 4.69) is 81.5 Å². The van der Waals surface area contributed by atoms with E-state index in [-0.39, 0.29) is 0 Å². The van der Waals surface area contributed by atoms with Gasteiger partial charge in [-0.3, -0.25) is 4.99 Å². The fraction of sp³-hybridized carbons (Fsp3) is 0.258. The average molecular weight is 505 g/mol. The van der Waals surface area contributed by atoms with Gasteiger partial charge < -0.3 is 4.57 Å². The number of aromatic nitrogens is 1. The zero-order valence-electron chi connectivity index (χ0n) is 21.7. The first-order chi connectivity index (χ1) is 16.9. The highest BCUT2D eigenvalue weighted by atomic mass is 35.5. The van der Waals surface area contributed by atoms with Crippen molar-refractivity contribution in [3.63, 3.8) is 0 Å². The summed E-state index contributed by atoms with van der Waals surface area (Å²) in [6, 6.07) is 18.9. The molecule has 2 nitrogen and oxygen atoms in total. The number of nitrogens with zero attached hydrogens (tertiary/aromatic N) is 2. The second kappa shape index (κ2) is 14.0. The molecule has 0 aliphatic rings. The fourth-order valence-corrected chi connectivity index (χ4v) is 4.94. The van der Waals surface area contributed by atoms with Gasteiger partial charge in [0.1, 0.15) is 0 Å². The maximum absolute atomic E-state index is 6.45. The Balaban J connectivity index is 0.00000210. The van der Waals surface area contributed by atoms with Crippen molar-refractivity contribution in [1.29, 1.82) is 0 Å². The van der Waals surface area contributed by atoms with Gasteiger partial charge in [0, 0.05) is 38.1 Å². The lowest BCUT2D eigenvalue weighted by Crippen LogP contribution is -2.03. The smallest absolute Gasteiger partial charge is 0.0831 e. The standard InChI is InChI=1S/C29H33ClN2S.C2H4/c1-7-18-33-22(6)26-19-29(32(21(26)5)24-16-14-23(8-2)15-17-24)28(9-3)31-20(4)25-12-10-11-13-27(25)30;1-2/h9-17,19H,6-8,18H2,1-5H3;1-2H2/b28-9-,31-20?;. The Hall–Kier alpha value is -2.75. The molecule has 184 valence electrons. The van der Waals surface area contributed by atoms with Crippen molar-refractivity contribution in [3.05, 3.63) is 114 Å². The van der Waals surface area contributed by atoms with Gasteiger partial charge in [0.2, 0.25) is 0 Å². The number of hydrogen-bond acceptors (Lipinski definition) is 2. The number of allylic oxidation sites excluding steroid dienone is 1. The highest BCUT2D eigenvalue weighted by molar-refractivity contribution is 8.08. The quantitative estimate of drug-likeness (QED) is 0.209. The molecule has 0 aliphatic heterocycles. The molecule has 1 heterocycles. The zero-order chi connectivity index (χ0) is 26.0. The summed E-state index contributed by atoms with van der Waals surface area (Å²) >= 11 is 8.27. The molecule has 0 atom stereocenters. The van der Waals surface area contributed by atoms with Crippen LogP contribution in [0.3, 0.4) is 0 Å². The van der Waals surface area contributed by atoms with Crippen molar-refractivity contribution in [2.45, 2.75) is 47.5 Å². The number of thioether (sulfide) groups is 1. The van der Waals surface area contributed by atoms with Gasteiger partial charge in [-0.05, 0) is 69.2 Å². The van der Waals surface area contributed by atoms with E-state index in [4.69, 9.17) is 16.6 Å². The highest BCUT2D eigenvalue weighted by Crippen LogP contribution is 2.35. The molecular formula is C31H37ClN2S. The van der Waals surface area contributed by atoms with Gasteiger partial charge in [-0.1, -0.05) is 68.4 Å². The minimum atomic E-state index is 0.709. The van der Waals surface area contributed by atoms with Gasteiger partial charge in [0.15, 0.2) is 0 Å². The van der Waals surface area contributed by atoms with Crippen LogP contribution in [-0.4, -0.2) is 16.0 Å². The summed E-state index contributed by atoms with van der Waals surface area (Å²) in [7, 11) is 0. The minimum absolute atomic E-state index is 0.709. The van der Waals surface area contributed by atoms with Crippen molar-refractivity contribution in [2.75, 3.05) is 5.75 Å². The lowest BCUT2D eigenvalue weighted by Gasteiger charge is -2.14. The van der Waals surface area contributed by atoms with Crippen LogP contribution >= 0.6 is 23.4 Å². The first-order valence-corrected chi connectivity index (χ1v) is 13.4. The first kappa shape index (κ1) is 28.5. The van der Waals surface area contributed by atoms with Crippen LogP contribution in [-0.2, 0) is 6.42 Å². The van der Waals surface area contributed by atoms with E-state index in [0.29, 0.717) is 5.02 Å². The summed E-state index contributed by atoms with van der Waals surface area (Å²) in [5.41, 5.74) is 8.61. The zero-order valence-corrected chi connectivity index (χ0v) is 23.3.